The molecule has 1 aromatic heterocycles. The fourth-order valence-corrected chi connectivity index (χ4v) is 3.23. The molecule has 0 aliphatic rings. The summed E-state index contributed by atoms with van der Waals surface area (Å²) in [6.45, 7) is 7.35. The minimum Gasteiger partial charge on any atom is -0.497 e. The molecular weight excluding hydrogens is 412 g/mol. The van der Waals surface area contributed by atoms with Crippen LogP contribution >= 0.6 is 12.2 Å². The third-order valence-corrected chi connectivity index (χ3v) is 5.13. The Bertz CT molecular complexity index is 1060. The maximum absolute atomic E-state index is 12.4. The molecule has 0 radical (unpaired) electrons. The first-order valence-corrected chi connectivity index (χ1v) is 10.5. The van der Waals surface area contributed by atoms with E-state index >= 15 is 0 Å². The lowest BCUT2D eigenvalue weighted by Crippen LogP contribution is -2.31. The molecule has 0 aliphatic carbocycles. The zero-order chi connectivity index (χ0) is 22.4. The number of hydrogen-bond donors (Lipinski definition) is 2. The van der Waals surface area contributed by atoms with Crippen LogP contribution in [0.4, 0.5) is 0 Å². The van der Waals surface area contributed by atoms with Gasteiger partial charge in [0.15, 0.2) is 10.6 Å². The highest BCUT2D eigenvalue weighted by Gasteiger charge is 2.14. The fraction of sp³-hybridized carbons (Fsp3) is 0.348. The molecule has 3 aromatic rings. The number of benzene rings is 2. The topological polar surface area (TPSA) is 81.2 Å². The standard InChI is InChI=1S/C23H28N4O3S/c1-23(2,3)17-7-11-19(12-8-17)30-14-13-24-20(28)15-27-21(25-26-22(27)31)16-5-9-18(29-4)10-6-16/h5-12H,13-15H2,1-4H3,(H,24,28)(H,26,31). The summed E-state index contributed by atoms with van der Waals surface area (Å²) in [5.74, 6) is 1.95. The molecule has 0 atom stereocenters. The average molecular weight is 441 g/mol. The van der Waals surface area contributed by atoms with Gasteiger partial charge in [0.25, 0.3) is 0 Å². The summed E-state index contributed by atoms with van der Waals surface area (Å²) in [5.41, 5.74) is 2.19. The summed E-state index contributed by atoms with van der Waals surface area (Å²) in [5, 5.41) is 9.87. The van der Waals surface area contributed by atoms with Crippen LogP contribution in [-0.2, 0) is 16.8 Å². The molecule has 0 fully saturated rings. The number of rotatable bonds is 8. The SMILES string of the molecule is COc1ccc(-c2n[nH]c(=S)n2CC(=O)NCCOc2ccc(C(C)(C)C)cc2)cc1. The second kappa shape index (κ2) is 9.78. The number of carbonyl (C=O) groups is 1. The molecule has 0 spiro atoms. The first-order chi connectivity index (χ1) is 14.8. The Balaban J connectivity index is 1.52. The third-order valence-electron chi connectivity index (χ3n) is 4.82. The smallest absolute Gasteiger partial charge is 0.240 e. The summed E-state index contributed by atoms with van der Waals surface area (Å²) in [7, 11) is 1.61. The molecule has 1 heterocycles. The Hall–Kier alpha value is -3.13. The van der Waals surface area contributed by atoms with Crippen molar-refractivity contribution < 1.29 is 14.3 Å². The van der Waals surface area contributed by atoms with Gasteiger partial charge in [-0.1, -0.05) is 32.9 Å². The first kappa shape index (κ1) is 22.6. The van der Waals surface area contributed by atoms with Crippen molar-refractivity contribution in [2.45, 2.75) is 32.7 Å². The van der Waals surface area contributed by atoms with Crippen molar-refractivity contribution in [1.29, 1.82) is 0 Å². The summed E-state index contributed by atoms with van der Waals surface area (Å²) in [6.07, 6.45) is 0. The zero-order valence-corrected chi connectivity index (χ0v) is 19.1. The van der Waals surface area contributed by atoms with E-state index in [0.717, 1.165) is 17.1 Å². The molecule has 2 aromatic carbocycles. The molecule has 1 amide bonds. The summed E-state index contributed by atoms with van der Waals surface area (Å²) in [6, 6.07) is 15.5. The highest BCUT2D eigenvalue weighted by molar-refractivity contribution is 7.71. The van der Waals surface area contributed by atoms with Crippen molar-refractivity contribution in [2.24, 2.45) is 0 Å². The Morgan fingerprint density at radius 1 is 1.10 bits per heavy atom. The van der Waals surface area contributed by atoms with E-state index in [2.05, 4.69) is 48.4 Å². The Kier molecular flexibility index (Phi) is 7.12. The van der Waals surface area contributed by atoms with Crippen LogP contribution in [0.5, 0.6) is 11.5 Å². The lowest BCUT2D eigenvalue weighted by atomic mass is 9.87. The monoisotopic (exact) mass is 440 g/mol. The van der Waals surface area contributed by atoms with Crippen LogP contribution in [0.1, 0.15) is 26.3 Å². The lowest BCUT2D eigenvalue weighted by Gasteiger charge is -2.19. The maximum Gasteiger partial charge on any atom is 0.240 e. The van der Waals surface area contributed by atoms with Crippen LogP contribution in [0.15, 0.2) is 48.5 Å². The van der Waals surface area contributed by atoms with E-state index in [1.807, 2.05) is 36.4 Å². The number of carbonyl (C=O) groups excluding carboxylic acids is 1. The predicted molar refractivity (Wildman–Crippen MR) is 123 cm³/mol. The molecule has 164 valence electrons. The van der Waals surface area contributed by atoms with E-state index in [0.29, 0.717) is 23.7 Å². The van der Waals surface area contributed by atoms with Crippen molar-refractivity contribution in [2.75, 3.05) is 20.3 Å². The number of methoxy groups -OCH3 is 1. The van der Waals surface area contributed by atoms with Crippen molar-refractivity contribution in [3.05, 3.63) is 58.9 Å². The number of hydrogen-bond acceptors (Lipinski definition) is 5. The van der Waals surface area contributed by atoms with Crippen molar-refractivity contribution in [3.63, 3.8) is 0 Å². The van der Waals surface area contributed by atoms with Crippen LogP contribution in [-0.4, -0.2) is 40.9 Å². The van der Waals surface area contributed by atoms with Crippen LogP contribution < -0.4 is 14.8 Å². The number of nitrogens with zero attached hydrogens (tertiary/aromatic N) is 2. The largest absolute Gasteiger partial charge is 0.497 e. The van der Waals surface area contributed by atoms with E-state index in [-0.39, 0.29) is 17.9 Å². The average Bonchev–Trinajstić information content (AvgIpc) is 3.11. The van der Waals surface area contributed by atoms with E-state index in [9.17, 15) is 4.79 Å². The van der Waals surface area contributed by atoms with Crippen LogP contribution in [0.2, 0.25) is 0 Å². The van der Waals surface area contributed by atoms with Gasteiger partial charge in [-0.3, -0.25) is 14.5 Å². The van der Waals surface area contributed by atoms with Gasteiger partial charge in [-0.2, -0.15) is 5.10 Å². The molecule has 0 saturated heterocycles. The molecule has 0 unspecified atom stereocenters. The number of ether oxygens (including phenoxy) is 2. The van der Waals surface area contributed by atoms with E-state index < -0.39 is 0 Å². The summed E-state index contributed by atoms with van der Waals surface area (Å²) >= 11 is 5.29. The van der Waals surface area contributed by atoms with Gasteiger partial charge in [-0.05, 0) is 59.6 Å². The maximum atomic E-state index is 12.4. The van der Waals surface area contributed by atoms with Gasteiger partial charge in [-0.15, -0.1) is 0 Å². The fourth-order valence-electron chi connectivity index (χ4n) is 3.03. The third kappa shape index (κ3) is 5.95. The number of aromatic amines is 1. The normalized spacial score (nSPS) is 11.2. The van der Waals surface area contributed by atoms with Crippen LogP contribution in [0, 0.1) is 4.77 Å². The van der Waals surface area contributed by atoms with Gasteiger partial charge in [0.2, 0.25) is 5.91 Å². The molecule has 0 aliphatic heterocycles. The molecule has 31 heavy (non-hydrogen) atoms. The van der Waals surface area contributed by atoms with E-state index in [4.69, 9.17) is 21.7 Å². The number of aromatic nitrogens is 3. The van der Waals surface area contributed by atoms with Crippen molar-refractivity contribution in [3.8, 4) is 22.9 Å². The highest BCUT2D eigenvalue weighted by Crippen LogP contribution is 2.24. The quantitative estimate of drug-likeness (QED) is 0.407. The second-order valence-electron chi connectivity index (χ2n) is 8.14. The van der Waals surface area contributed by atoms with Crippen molar-refractivity contribution >= 4 is 18.1 Å². The highest BCUT2D eigenvalue weighted by atomic mass is 32.1. The minimum absolute atomic E-state index is 0.0664. The zero-order valence-electron chi connectivity index (χ0n) is 18.3. The Labute approximate surface area is 187 Å². The van der Waals surface area contributed by atoms with E-state index in [1.54, 1.807) is 11.7 Å². The van der Waals surface area contributed by atoms with Crippen molar-refractivity contribution in [1.82, 2.24) is 20.1 Å². The molecule has 2 N–H and O–H groups in total. The lowest BCUT2D eigenvalue weighted by molar-refractivity contribution is -0.121. The number of amides is 1. The van der Waals surface area contributed by atoms with Gasteiger partial charge >= 0.3 is 0 Å². The van der Waals surface area contributed by atoms with Gasteiger partial charge in [0.05, 0.1) is 13.7 Å². The number of nitrogens with one attached hydrogen (secondary N) is 2. The van der Waals surface area contributed by atoms with Gasteiger partial charge < -0.3 is 14.8 Å². The Morgan fingerprint density at radius 2 is 1.74 bits per heavy atom. The van der Waals surface area contributed by atoms with Gasteiger partial charge in [-0.25, -0.2) is 0 Å². The van der Waals surface area contributed by atoms with E-state index in [1.165, 1.54) is 5.56 Å². The molecule has 0 saturated carbocycles. The molecule has 8 heteroatoms. The molecule has 0 bridgehead atoms. The van der Waals surface area contributed by atoms with Gasteiger partial charge in [0, 0.05) is 5.56 Å². The summed E-state index contributed by atoms with van der Waals surface area (Å²) < 4.78 is 13.0. The Morgan fingerprint density at radius 3 is 2.35 bits per heavy atom. The molecule has 7 nitrogen and oxygen atoms in total. The summed E-state index contributed by atoms with van der Waals surface area (Å²) in [4.78, 5) is 12.4. The molecular formula is C23H28N4O3S. The predicted octanol–water partition coefficient (Wildman–Crippen LogP) is 4.11. The molecule has 3 rings (SSSR count). The van der Waals surface area contributed by atoms with Gasteiger partial charge in [0.1, 0.15) is 24.7 Å². The first-order valence-electron chi connectivity index (χ1n) is 10.1. The number of H-pyrrole nitrogens is 1. The minimum atomic E-state index is -0.168. The van der Waals surface area contributed by atoms with Crippen LogP contribution in [0.25, 0.3) is 11.4 Å². The van der Waals surface area contributed by atoms with Crippen LogP contribution in [0.3, 0.4) is 0 Å². The second-order valence-corrected chi connectivity index (χ2v) is 8.53.